The number of nitrogens with two attached hydrogens (primary N) is 1. The number of ether oxygens (including phenoxy) is 3. The molecule has 0 aromatic heterocycles. The van der Waals surface area contributed by atoms with Crippen LogP contribution < -0.4 is 19.9 Å². The van der Waals surface area contributed by atoms with Crippen molar-refractivity contribution in [3.8, 4) is 17.2 Å². The number of Topliss-reactive ketones (excluding diaryl/α,β-unsaturated/α-hetero) is 1. The lowest BCUT2D eigenvalue weighted by Gasteiger charge is -2.14. The molecule has 18 heavy (non-hydrogen) atoms. The SMILES string of the molecule is COc1cc(OC)c(C(=O)CC(C)N)c(OC)c1. The van der Waals surface area contributed by atoms with Crippen LogP contribution in [0.2, 0.25) is 0 Å². The van der Waals surface area contributed by atoms with E-state index in [2.05, 4.69) is 0 Å². The molecule has 0 amide bonds. The summed E-state index contributed by atoms with van der Waals surface area (Å²) in [5, 5.41) is 0. The van der Waals surface area contributed by atoms with Crippen molar-refractivity contribution >= 4 is 5.78 Å². The van der Waals surface area contributed by atoms with Crippen molar-refractivity contribution in [3.63, 3.8) is 0 Å². The molecule has 0 heterocycles. The van der Waals surface area contributed by atoms with E-state index in [4.69, 9.17) is 19.9 Å². The molecule has 0 radical (unpaired) electrons. The number of methoxy groups -OCH3 is 3. The molecule has 0 saturated heterocycles. The molecule has 1 unspecified atom stereocenters. The van der Waals surface area contributed by atoms with Crippen LogP contribution in [-0.4, -0.2) is 33.2 Å². The molecule has 0 bridgehead atoms. The summed E-state index contributed by atoms with van der Waals surface area (Å²) in [6, 6.07) is 3.09. The van der Waals surface area contributed by atoms with Crippen molar-refractivity contribution in [1.82, 2.24) is 0 Å². The number of rotatable bonds is 6. The van der Waals surface area contributed by atoms with Gasteiger partial charge in [-0.25, -0.2) is 0 Å². The fourth-order valence-electron chi connectivity index (χ4n) is 1.67. The predicted octanol–water partition coefficient (Wildman–Crippen LogP) is 1.63. The molecular formula is C13H19NO4. The van der Waals surface area contributed by atoms with E-state index >= 15 is 0 Å². The molecule has 1 atom stereocenters. The molecular weight excluding hydrogens is 234 g/mol. The van der Waals surface area contributed by atoms with Gasteiger partial charge in [-0.05, 0) is 6.92 Å². The summed E-state index contributed by atoms with van der Waals surface area (Å²) in [6.45, 7) is 1.78. The van der Waals surface area contributed by atoms with Gasteiger partial charge in [0.1, 0.15) is 22.8 Å². The van der Waals surface area contributed by atoms with Gasteiger partial charge in [0.15, 0.2) is 5.78 Å². The van der Waals surface area contributed by atoms with E-state index in [-0.39, 0.29) is 18.2 Å². The van der Waals surface area contributed by atoms with E-state index in [0.29, 0.717) is 22.8 Å². The van der Waals surface area contributed by atoms with Crippen molar-refractivity contribution in [1.29, 1.82) is 0 Å². The lowest BCUT2D eigenvalue weighted by atomic mass is 10.0. The molecule has 0 fully saturated rings. The molecule has 100 valence electrons. The summed E-state index contributed by atoms with van der Waals surface area (Å²) in [5.74, 6) is 1.32. The zero-order valence-corrected chi connectivity index (χ0v) is 11.1. The Morgan fingerprint density at radius 3 is 2.00 bits per heavy atom. The van der Waals surface area contributed by atoms with Crippen molar-refractivity contribution < 1.29 is 19.0 Å². The van der Waals surface area contributed by atoms with E-state index in [0.717, 1.165) is 0 Å². The quantitative estimate of drug-likeness (QED) is 0.780. The van der Waals surface area contributed by atoms with Crippen LogP contribution >= 0.6 is 0 Å². The lowest BCUT2D eigenvalue weighted by Crippen LogP contribution is -2.20. The molecule has 0 aliphatic carbocycles. The Bertz CT molecular complexity index is 404. The van der Waals surface area contributed by atoms with Gasteiger partial charge in [-0.3, -0.25) is 4.79 Å². The standard InChI is InChI=1S/C13H19NO4/c1-8(14)5-10(15)13-11(17-3)6-9(16-2)7-12(13)18-4/h6-8H,5,14H2,1-4H3. The molecule has 0 aliphatic heterocycles. The Kier molecular flexibility index (Phi) is 4.97. The maximum Gasteiger partial charge on any atom is 0.171 e. The summed E-state index contributed by atoms with van der Waals surface area (Å²) in [4.78, 5) is 12.1. The van der Waals surface area contributed by atoms with Crippen molar-refractivity contribution in [2.45, 2.75) is 19.4 Å². The Morgan fingerprint density at radius 1 is 1.17 bits per heavy atom. The molecule has 5 nitrogen and oxygen atoms in total. The van der Waals surface area contributed by atoms with Gasteiger partial charge in [0.2, 0.25) is 0 Å². The molecule has 1 rings (SSSR count). The van der Waals surface area contributed by atoms with Crippen molar-refractivity contribution in [2.75, 3.05) is 21.3 Å². The normalized spacial score (nSPS) is 11.8. The summed E-state index contributed by atoms with van der Waals surface area (Å²) in [7, 11) is 4.53. The zero-order chi connectivity index (χ0) is 13.7. The largest absolute Gasteiger partial charge is 0.496 e. The van der Waals surface area contributed by atoms with Gasteiger partial charge in [0.05, 0.1) is 21.3 Å². The zero-order valence-electron chi connectivity index (χ0n) is 11.1. The molecule has 2 N–H and O–H groups in total. The number of benzene rings is 1. The van der Waals surface area contributed by atoms with Crippen LogP contribution in [0.4, 0.5) is 0 Å². The average Bonchev–Trinajstić information content (AvgIpc) is 2.35. The van der Waals surface area contributed by atoms with Gasteiger partial charge >= 0.3 is 0 Å². The minimum Gasteiger partial charge on any atom is -0.496 e. The third kappa shape index (κ3) is 3.13. The van der Waals surface area contributed by atoms with Gasteiger partial charge in [-0.15, -0.1) is 0 Å². The fourth-order valence-corrected chi connectivity index (χ4v) is 1.67. The lowest BCUT2D eigenvalue weighted by molar-refractivity contribution is 0.0970. The smallest absolute Gasteiger partial charge is 0.171 e. The maximum atomic E-state index is 12.1. The molecule has 0 aliphatic rings. The van der Waals surface area contributed by atoms with Crippen LogP contribution in [0.3, 0.4) is 0 Å². The second kappa shape index (κ2) is 6.26. The van der Waals surface area contributed by atoms with Crippen LogP contribution in [0, 0.1) is 0 Å². The van der Waals surface area contributed by atoms with Gasteiger partial charge in [0.25, 0.3) is 0 Å². The first-order valence-electron chi connectivity index (χ1n) is 5.62. The second-order valence-corrected chi connectivity index (χ2v) is 4.01. The Labute approximate surface area is 107 Å². The summed E-state index contributed by atoms with van der Waals surface area (Å²) in [5.41, 5.74) is 6.04. The first-order valence-corrected chi connectivity index (χ1v) is 5.62. The minimum atomic E-state index is -0.214. The maximum absolute atomic E-state index is 12.1. The highest BCUT2D eigenvalue weighted by Crippen LogP contribution is 2.34. The van der Waals surface area contributed by atoms with E-state index in [1.165, 1.54) is 21.3 Å². The Balaban J connectivity index is 3.26. The van der Waals surface area contributed by atoms with Crippen LogP contribution in [0.5, 0.6) is 17.2 Å². The summed E-state index contributed by atoms with van der Waals surface area (Å²) in [6.07, 6.45) is 0.235. The van der Waals surface area contributed by atoms with E-state index in [1.807, 2.05) is 0 Å². The van der Waals surface area contributed by atoms with Gasteiger partial charge in [-0.1, -0.05) is 0 Å². The first kappa shape index (κ1) is 14.3. The Morgan fingerprint density at radius 2 is 1.67 bits per heavy atom. The van der Waals surface area contributed by atoms with Crippen molar-refractivity contribution in [3.05, 3.63) is 17.7 Å². The first-order chi connectivity index (χ1) is 8.53. The number of carbonyl (C=O) groups excluding carboxylic acids is 1. The van der Waals surface area contributed by atoms with E-state index in [1.54, 1.807) is 19.1 Å². The third-order valence-electron chi connectivity index (χ3n) is 2.50. The number of hydrogen-bond acceptors (Lipinski definition) is 5. The third-order valence-corrected chi connectivity index (χ3v) is 2.50. The van der Waals surface area contributed by atoms with Gasteiger partial charge in [0, 0.05) is 24.6 Å². The highest BCUT2D eigenvalue weighted by Gasteiger charge is 2.20. The van der Waals surface area contributed by atoms with E-state index < -0.39 is 0 Å². The number of hydrogen-bond donors (Lipinski definition) is 1. The average molecular weight is 253 g/mol. The monoisotopic (exact) mass is 253 g/mol. The topological polar surface area (TPSA) is 70.8 Å². The molecule has 1 aromatic rings. The van der Waals surface area contributed by atoms with Gasteiger partial charge in [-0.2, -0.15) is 0 Å². The van der Waals surface area contributed by atoms with Crippen molar-refractivity contribution in [2.24, 2.45) is 5.73 Å². The van der Waals surface area contributed by atoms with E-state index in [9.17, 15) is 4.79 Å². The molecule has 1 aromatic carbocycles. The fraction of sp³-hybridized carbons (Fsp3) is 0.462. The second-order valence-electron chi connectivity index (χ2n) is 4.01. The number of carbonyl (C=O) groups is 1. The van der Waals surface area contributed by atoms with Crippen LogP contribution in [0.1, 0.15) is 23.7 Å². The minimum absolute atomic E-state index is 0.110. The highest BCUT2D eigenvalue weighted by molar-refractivity contribution is 6.01. The van der Waals surface area contributed by atoms with Crippen LogP contribution in [0.15, 0.2) is 12.1 Å². The van der Waals surface area contributed by atoms with Gasteiger partial charge < -0.3 is 19.9 Å². The summed E-state index contributed by atoms with van der Waals surface area (Å²) >= 11 is 0. The van der Waals surface area contributed by atoms with Crippen LogP contribution in [-0.2, 0) is 0 Å². The summed E-state index contributed by atoms with van der Waals surface area (Å²) < 4.78 is 15.5. The Hall–Kier alpha value is -1.75. The number of ketones is 1. The van der Waals surface area contributed by atoms with Crippen LogP contribution in [0.25, 0.3) is 0 Å². The molecule has 5 heteroatoms. The molecule has 0 saturated carbocycles. The highest BCUT2D eigenvalue weighted by atomic mass is 16.5. The molecule has 0 spiro atoms. The predicted molar refractivity (Wildman–Crippen MR) is 68.7 cm³/mol.